The van der Waals surface area contributed by atoms with Crippen molar-refractivity contribution in [1.29, 1.82) is 0 Å². The number of benzene rings is 1. The zero-order valence-corrected chi connectivity index (χ0v) is 13.9. The first-order valence-electron chi connectivity index (χ1n) is 7.17. The summed E-state index contributed by atoms with van der Waals surface area (Å²) in [6.07, 6.45) is 1.17. The highest BCUT2D eigenvalue weighted by atomic mass is 32.1. The molecule has 1 N–H and O–H groups in total. The molecule has 0 spiro atoms. The van der Waals surface area contributed by atoms with Gasteiger partial charge < -0.3 is 14.8 Å². The van der Waals surface area contributed by atoms with Crippen molar-refractivity contribution < 1.29 is 19.1 Å². The zero-order valence-electron chi connectivity index (χ0n) is 13.1. The van der Waals surface area contributed by atoms with Crippen molar-refractivity contribution in [3.05, 3.63) is 51.7 Å². The predicted octanol–water partition coefficient (Wildman–Crippen LogP) is 2.79. The van der Waals surface area contributed by atoms with E-state index in [2.05, 4.69) is 5.32 Å². The Balaban J connectivity index is 1.92. The van der Waals surface area contributed by atoms with Crippen LogP contribution >= 0.6 is 11.3 Å². The number of esters is 1. The molecule has 0 radical (unpaired) electrons. The molecular weight excluding hydrogens is 314 g/mol. The normalized spacial score (nSPS) is 10.2. The first kappa shape index (κ1) is 17.0. The van der Waals surface area contributed by atoms with Gasteiger partial charge in [0.15, 0.2) is 0 Å². The summed E-state index contributed by atoms with van der Waals surface area (Å²) >= 11 is 1.62. The van der Waals surface area contributed by atoms with E-state index in [0.29, 0.717) is 24.3 Å². The van der Waals surface area contributed by atoms with Gasteiger partial charge in [0.1, 0.15) is 11.3 Å². The highest BCUT2D eigenvalue weighted by Crippen LogP contribution is 2.20. The lowest BCUT2D eigenvalue weighted by atomic mass is 10.1. The molecule has 23 heavy (non-hydrogen) atoms. The lowest BCUT2D eigenvalue weighted by Crippen LogP contribution is -2.23. The van der Waals surface area contributed by atoms with Crippen LogP contribution in [0.4, 0.5) is 0 Å². The SMILES string of the molecule is COC(=O)c1cc(CNC(=O)CCc2ccsc2)ccc1OC. The zero-order chi connectivity index (χ0) is 16.7. The second kappa shape index (κ2) is 8.33. The first-order valence-corrected chi connectivity index (χ1v) is 8.11. The van der Waals surface area contributed by atoms with Gasteiger partial charge in [0, 0.05) is 13.0 Å². The third-order valence-corrected chi connectivity index (χ3v) is 4.11. The lowest BCUT2D eigenvalue weighted by Gasteiger charge is -2.10. The summed E-state index contributed by atoms with van der Waals surface area (Å²) in [6, 6.07) is 7.19. The summed E-state index contributed by atoms with van der Waals surface area (Å²) in [4.78, 5) is 23.6. The molecule has 0 fully saturated rings. The van der Waals surface area contributed by atoms with Gasteiger partial charge in [-0.15, -0.1) is 0 Å². The number of ether oxygens (including phenoxy) is 2. The fourth-order valence-corrected chi connectivity index (χ4v) is 2.82. The van der Waals surface area contributed by atoms with Gasteiger partial charge in [-0.05, 0) is 46.5 Å². The van der Waals surface area contributed by atoms with Gasteiger partial charge in [-0.25, -0.2) is 4.79 Å². The molecule has 1 heterocycles. The number of aryl methyl sites for hydroxylation is 1. The third kappa shape index (κ3) is 4.82. The first-order chi connectivity index (χ1) is 11.1. The minimum atomic E-state index is -0.465. The molecule has 6 heteroatoms. The van der Waals surface area contributed by atoms with Crippen LogP contribution in [0.25, 0.3) is 0 Å². The minimum absolute atomic E-state index is 0.0216. The molecule has 1 aromatic heterocycles. The van der Waals surface area contributed by atoms with Crippen molar-refractivity contribution in [2.24, 2.45) is 0 Å². The Morgan fingerprint density at radius 3 is 2.65 bits per heavy atom. The number of hydrogen-bond acceptors (Lipinski definition) is 5. The van der Waals surface area contributed by atoms with E-state index in [1.807, 2.05) is 22.9 Å². The van der Waals surface area contributed by atoms with Crippen LogP contribution in [0.2, 0.25) is 0 Å². The maximum Gasteiger partial charge on any atom is 0.341 e. The largest absolute Gasteiger partial charge is 0.496 e. The summed E-state index contributed by atoms with van der Waals surface area (Å²) in [5.74, 6) is -0.0384. The van der Waals surface area contributed by atoms with E-state index in [0.717, 1.165) is 12.0 Å². The maximum atomic E-state index is 11.9. The van der Waals surface area contributed by atoms with Crippen LogP contribution < -0.4 is 10.1 Å². The summed E-state index contributed by atoms with van der Waals surface area (Å²) < 4.78 is 9.88. The molecule has 1 amide bonds. The molecule has 1 aromatic carbocycles. The highest BCUT2D eigenvalue weighted by Gasteiger charge is 2.13. The quantitative estimate of drug-likeness (QED) is 0.791. The number of carbonyl (C=O) groups excluding carboxylic acids is 2. The molecule has 0 aliphatic rings. The van der Waals surface area contributed by atoms with E-state index in [1.165, 1.54) is 19.8 Å². The van der Waals surface area contributed by atoms with Crippen LogP contribution in [0.3, 0.4) is 0 Å². The number of hydrogen-bond donors (Lipinski definition) is 1. The minimum Gasteiger partial charge on any atom is -0.496 e. The molecule has 0 unspecified atom stereocenters. The van der Waals surface area contributed by atoms with E-state index in [-0.39, 0.29) is 5.91 Å². The molecule has 0 aliphatic carbocycles. The smallest absolute Gasteiger partial charge is 0.341 e. The molecule has 2 aromatic rings. The second-order valence-electron chi connectivity index (χ2n) is 4.93. The van der Waals surface area contributed by atoms with Crippen LogP contribution in [0.1, 0.15) is 27.9 Å². The Kier molecular flexibility index (Phi) is 6.17. The molecule has 0 saturated heterocycles. The van der Waals surface area contributed by atoms with E-state index in [9.17, 15) is 9.59 Å². The van der Waals surface area contributed by atoms with Gasteiger partial charge in [-0.1, -0.05) is 6.07 Å². The average Bonchev–Trinajstić information content (AvgIpc) is 3.10. The van der Waals surface area contributed by atoms with Gasteiger partial charge in [0.2, 0.25) is 5.91 Å². The number of methoxy groups -OCH3 is 2. The average molecular weight is 333 g/mol. The third-order valence-electron chi connectivity index (χ3n) is 3.38. The molecule has 5 nitrogen and oxygen atoms in total. The number of nitrogens with one attached hydrogen (secondary N) is 1. The van der Waals surface area contributed by atoms with E-state index in [4.69, 9.17) is 9.47 Å². The second-order valence-corrected chi connectivity index (χ2v) is 5.71. The lowest BCUT2D eigenvalue weighted by molar-refractivity contribution is -0.121. The van der Waals surface area contributed by atoms with Gasteiger partial charge in [0.05, 0.1) is 14.2 Å². The standard InChI is InChI=1S/C17H19NO4S/c1-21-15-5-3-13(9-14(15)17(20)22-2)10-18-16(19)6-4-12-7-8-23-11-12/h3,5,7-9,11H,4,6,10H2,1-2H3,(H,18,19). The molecule has 0 saturated carbocycles. The molecule has 0 bridgehead atoms. The Morgan fingerprint density at radius 2 is 2.00 bits per heavy atom. The van der Waals surface area contributed by atoms with Crippen molar-refractivity contribution in [1.82, 2.24) is 5.32 Å². The Hall–Kier alpha value is -2.34. The predicted molar refractivity (Wildman–Crippen MR) is 88.8 cm³/mol. The molecule has 122 valence electrons. The van der Waals surface area contributed by atoms with Crippen LogP contribution in [0, 0.1) is 0 Å². The molecule has 0 aliphatic heterocycles. The Labute approximate surface area is 139 Å². The van der Waals surface area contributed by atoms with Crippen LogP contribution in [-0.2, 0) is 22.5 Å². The topological polar surface area (TPSA) is 64.6 Å². The van der Waals surface area contributed by atoms with Crippen molar-refractivity contribution >= 4 is 23.2 Å². The van der Waals surface area contributed by atoms with Crippen molar-refractivity contribution in [3.63, 3.8) is 0 Å². The van der Waals surface area contributed by atoms with E-state index in [1.54, 1.807) is 23.5 Å². The summed E-state index contributed by atoms with van der Waals surface area (Å²) in [5.41, 5.74) is 2.33. The van der Waals surface area contributed by atoms with Crippen LogP contribution in [-0.4, -0.2) is 26.1 Å². The summed E-state index contributed by atoms with van der Waals surface area (Å²) in [5, 5.41) is 6.89. The Bertz CT molecular complexity index is 667. The van der Waals surface area contributed by atoms with Gasteiger partial charge in [-0.2, -0.15) is 11.3 Å². The maximum absolute atomic E-state index is 11.9. The fraction of sp³-hybridized carbons (Fsp3) is 0.294. The summed E-state index contributed by atoms with van der Waals surface area (Å²) in [6.45, 7) is 0.358. The highest BCUT2D eigenvalue weighted by molar-refractivity contribution is 7.07. The molecular formula is C17H19NO4S. The van der Waals surface area contributed by atoms with Gasteiger partial charge in [-0.3, -0.25) is 4.79 Å². The van der Waals surface area contributed by atoms with Crippen molar-refractivity contribution in [3.8, 4) is 5.75 Å². The van der Waals surface area contributed by atoms with E-state index < -0.39 is 5.97 Å². The number of carbonyl (C=O) groups is 2. The number of thiophene rings is 1. The number of amides is 1. The summed E-state index contributed by atoms with van der Waals surface area (Å²) in [7, 11) is 2.81. The van der Waals surface area contributed by atoms with Crippen LogP contribution in [0.15, 0.2) is 35.0 Å². The molecule has 2 rings (SSSR count). The van der Waals surface area contributed by atoms with Gasteiger partial charge >= 0.3 is 5.97 Å². The molecule has 0 atom stereocenters. The van der Waals surface area contributed by atoms with Gasteiger partial charge in [0.25, 0.3) is 0 Å². The number of rotatable bonds is 7. The fourth-order valence-electron chi connectivity index (χ4n) is 2.12. The monoisotopic (exact) mass is 333 g/mol. The Morgan fingerprint density at radius 1 is 1.17 bits per heavy atom. The van der Waals surface area contributed by atoms with Crippen molar-refractivity contribution in [2.75, 3.05) is 14.2 Å². The van der Waals surface area contributed by atoms with Crippen LogP contribution in [0.5, 0.6) is 5.75 Å². The van der Waals surface area contributed by atoms with Crippen molar-refractivity contribution in [2.45, 2.75) is 19.4 Å². The van der Waals surface area contributed by atoms with E-state index >= 15 is 0 Å².